The maximum Gasteiger partial charge on any atom is 0.322 e. The number of aromatic nitrogens is 4. The van der Waals surface area contributed by atoms with Crippen molar-refractivity contribution in [3.63, 3.8) is 0 Å². The molecule has 0 aliphatic heterocycles. The summed E-state index contributed by atoms with van der Waals surface area (Å²) in [5, 5.41) is 14.8. The minimum atomic E-state index is -0.485. The topological polar surface area (TPSA) is 107 Å². The van der Waals surface area contributed by atoms with Gasteiger partial charge in [-0.15, -0.1) is 0 Å². The van der Waals surface area contributed by atoms with E-state index < -0.39 is 4.92 Å². The second-order valence-corrected chi connectivity index (χ2v) is 5.17. The monoisotopic (exact) mass is 306 g/mol. The molecule has 0 spiro atoms. The lowest BCUT2D eigenvalue weighted by Crippen LogP contribution is -2.07. The largest absolute Gasteiger partial charge is 0.354 e. The Balaban J connectivity index is 2.43. The maximum absolute atomic E-state index is 11.2. The summed E-state index contributed by atoms with van der Waals surface area (Å²) in [6, 6.07) is 0. The van der Waals surface area contributed by atoms with Crippen LogP contribution in [0.3, 0.4) is 0 Å². The number of nitrogens with one attached hydrogen (secondary N) is 1. The predicted molar refractivity (Wildman–Crippen MR) is 78.5 cm³/mol. The average Bonchev–Trinajstić information content (AvgIpc) is 2.41. The van der Waals surface area contributed by atoms with Crippen molar-refractivity contribution >= 4 is 23.4 Å². The summed E-state index contributed by atoms with van der Waals surface area (Å²) in [5.74, 6) is 0.357. The first kappa shape index (κ1) is 15.1. The molecule has 9 heteroatoms. The van der Waals surface area contributed by atoms with Gasteiger partial charge in [-0.25, -0.2) is 15.0 Å². The smallest absolute Gasteiger partial charge is 0.322 e. The molecule has 0 atom stereocenters. The van der Waals surface area contributed by atoms with Crippen molar-refractivity contribution in [2.45, 2.75) is 31.0 Å². The van der Waals surface area contributed by atoms with Crippen LogP contribution in [0.4, 0.5) is 11.6 Å². The van der Waals surface area contributed by atoms with Gasteiger partial charge >= 0.3 is 5.69 Å². The first-order chi connectivity index (χ1) is 10.0. The SMILES string of the molecule is CCNc1nc(C)c([N+](=O)[O-])c(Sc2ncc(C)cn2)n1. The molecule has 0 aromatic carbocycles. The summed E-state index contributed by atoms with van der Waals surface area (Å²) in [4.78, 5) is 27.2. The molecule has 2 aromatic heterocycles. The minimum absolute atomic E-state index is 0.120. The van der Waals surface area contributed by atoms with Gasteiger partial charge in [0.05, 0.1) is 4.92 Å². The molecule has 0 aliphatic rings. The number of nitrogens with zero attached hydrogens (tertiary/aromatic N) is 5. The van der Waals surface area contributed by atoms with Crippen LogP contribution in [0.2, 0.25) is 0 Å². The summed E-state index contributed by atoms with van der Waals surface area (Å²) >= 11 is 1.05. The third-order valence-corrected chi connectivity index (χ3v) is 3.36. The van der Waals surface area contributed by atoms with E-state index in [1.807, 2.05) is 13.8 Å². The molecular weight excluding hydrogens is 292 g/mol. The third-order valence-electron chi connectivity index (χ3n) is 2.49. The van der Waals surface area contributed by atoms with Crippen LogP contribution in [0.15, 0.2) is 22.6 Å². The van der Waals surface area contributed by atoms with E-state index in [-0.39, 0.29) is 10.7 Å². The fraction of sp³-hybridized carbons (Fsp3) is 0.333. The van der Waals surface area contributed by atoms with Crippen LogP contribution in [-0.4, -0.2) is 31.4 Å². The normalized spacial score (nSPS) is 10.4. The molecule has 8 nitrogen and oxygen atoms in total. The van der Waals surface area contributed by atoms with Gasteiger partial charge in [-0.05, 0) is 38.1 Å². The molecule has 21 heavy (non-hydrogen) atoms. The Kier molecular flexibility index (Phi) is 4.63. The number of aryl methyl sites for hydroxylation is 2. The molecule has 0 amide bonds. The van der Waals surface area contributed by atoms with E-state index in [4.69, 9.17) is 0 Å². The van der Waals surface area contributed by atoms with Crippen LogP contribution in [0.1, 0.15) is 18.2 Å². The number of hydrogen-bond donors (Lipinski definition) is 1. The quantitative estimate of drug-likeness (QED) is 0.388. The zero-order valence-corrected chi connectivity index (χ0v) is 12.6. The highest BCUT2D eigenvalue weighted by Gasteiger charge is 2.23. The van der Waals surface area contributed by atoms with Crippen molar-refractivity contribution < 1.29 is 4.92 Å². The molecule has 2 heterocycles. The molecule has 0 unspecified atom stereocenters. The van der Waals surface area contributed by atoms with E-state index >= 15 is 0 Å². The Morgan fingerprint density at radius 3 is 2.52 bits per heavy atom. The highest BCUT2D eigenvalue weighted by molar-refractivity contribution is 7.99. The van der Waals surface area contributed by atoms with Gasteiger partial charge in [0.25, 0.3) is 0 Å². The number of nitro groups is 1. The molecule has 2 rings (SSSR count). The molecular formula is C12H14N6O2S. The standard InChI is InChI=1S/C12H14N6O2S/c1-4-13-11-16-8(3)9(18(19)20)10(17-11)21-12-14-5-7(2)6-15-12/h5-6H,4H2,1-3H3,(H,13,16,17). The average molecular weight is 306 g/mol. The molecule has 2 aromatic rings. The Hall–Kier alpha value is -2.29. The van der Waals surface area contributed by atoms with Gasteiger partial charge in [0.2, 0.25) is 5.95 Å². The summed E-state index contributed by atoms with van der Waals surface area (Å²) < 4.78 is 0. The highest BCUT2D eigenvalue weighted by Crippen LogP contribution is 2.33. The van der Waals surface area contributed by atoms with Gasteiger partial charge in [-0.3, -0.25) is 10.1 Å². The Labute approximate surface area is 125 Å². The summed E-state index contributed by atoms with van der Waals surface area (Å²) in [7, 11) is 0. The van der Waals surface area contributed by atoms with Crippen LogP contribution in [0, 0.1) is 24.0 Å². The fourth-order valence-corrected chi connectivity index (χ4v) is 2.41. The second-order valence-electron chi connectivity index (χ2n) is 4.22. The number of anilines is 1. The van der Waals surface area contributed by atoms with Crippen molar-refractivity contribution in [2.24, 2.45) is 0 Å². The van der Waals surface area contributed by atoms with Gasteiger partial charge < -0.3 is 5.32 Å². The predicted octanol–water partition coefficient (Wildman–Crippen LogP) is 2.37. The minimum Gasteiger partial charge on any atom is -0.354 e. The van der Waals surface area contributed by atoms with E-state index in [0.29, 0.717) is 23.3 Å². The zero-order chi connectivity index (χ0) is 15.4. The fourth-order valence-electron chi connectivity index (χ4n) is 1.58. The van der Waals surface area contributed by atoms with Crippen molar-refractivity contribution in [1.29, 1.82) is 0 Å². The van der Waals surface area contributed by atoms with Crippen LogP contribution < -0.4 is 5.32 Å². The lowest BCUT2D eigenvalue weighted by atomic mass is 10.4. The van der Waals surface area contributed by atoms with E-state index in [1.54, 1.807) is 19.3 Å². The molecule has 0 aliphatic carbocycles. The van der Waals surface area contributed by atoms with Gasteiger partial charge in [0.1, 0.15) is 5.69 Å². The molecule has 0 bridgehead atoms. The maximum atomic E-state index is 11.2. The summed E-state index contributed by atoms with van der Waals surface area (Å²) in [6.07, 6.45) is 3.31. The number of rotatable bonds is 5. The lowest BCUT2D eigenvalue weighted by Gasteiger charge is -2.07. The van der Waals surface area contributed by atoms with E-state index in [9.17, 15) is 10.1 Å². The Morgan fingerprint density at radius 1 is 1.29 bits per heavy atom. The van der Waals surface area contributed by atoms with Crippen LogP contribution in [0.25, 0.3) is 0 Å². The summed E-state index contributed by atoms with van der Waals surface area (Å²) in [5.41, 5.74) is 1.10. The van der Waals surface area contributed by atoms with Crippen LogP contribution >= 0.6 is 11.8 Å². The van der Waals surface area contributed by atoms with Crippen LogP contribution in [0.5, 0.6) is 0 Å². The van der Waals surface area contributed by atoms with Crippen molar-refractivity contribution in [1.82, 2.24) is 19.9 Å². The third kappa shape index (κ3) is 3.63. The Bertz CT molecular complexity index is 662. The first-order valence-corrected chi connectivity index (χ1v) is 7.06. The van der Waals surface area contributed by atoms with E-state index in [0.717, 1.165) is 17.3 Å². The Morgan fingerprint density at radius 2 is 1.95 bits per heavy atom. The van der Waals surface area contributed by atoms with Gasteiger partial charge in [0.15, 0.2) is 10.2 Å². The zero-order valence-electron chi connectivity index (χ0n) is 11.8. The first-order valence-electron chi connectivity index (χ1n) is 6.24. The van der Waals surface area contributed by atoms with Crippen LogP contribution in [-0.2, 0) is 0 Å². The van der Waals surface area contributed by atoms with Gasteiger partial charge in [-0.1, -0.05) is 0 Å². The highest BCUT2D eigenvalue weighted by atomic mass is 32.2. The molecule has 0 saturated carbocycles. The molecule has 110 valence electrons. The molecule has 0 radical (unpaired) electrons. The van der Waals surface area contributed by atoms with Crippen molar-refractivity contribution in [2.75, 3.05) is 11.9 Å². The van der Waals surface area contributed by atoms with E-state index in [1.165, 1.54) is 0 Å². The molecule has 1 N–H and O–H groups in total. The molecule has 0 fully saturated rings. The van der Waals surface area contributed by atoms with Gasteiger partial charge in [0, 0.05) is 18.9 Å². The van der Waals surface area contributed by atoms with E-state index in [2.05, 4.69) is 25.3 Å². The van der Waals surface area contributed by atoms with Crippen molar-refractivity contribution in [3.05, 3.63) is 33.8 Å². The number of hydrogen-bond acceptors (Lipinski definition) is 8. The molecule has 0 saturated heterocycles. The lowest BCUT2D eigenvalue weighted by molar-refractivity contribution is -0.389. The van der Waals surface area contributed by atoms with Crippen molar-refractivity contribution in [3.8, 4) is 0 Å². The summed E-state index contributed by atoms with van der Waals surface area (Å²) in [6.45, 7) is 5.98. The second kappa shape index (κ2) is 6.44. The van der Waals surface area contributed by atoms with Gasteiger partial charge in [-0.2, -0.15) is 4.98 Å².